The molecular weight excluding hydrogens is 380 g/mol. The molecule has 2 aromatic carbocycles. The van der Waals surface area contributed by atoms with Crippen LogP contribution in [0.3, 0.4) is 0 Å². The number of carbonyl (C=O) groups is 1. The molecule has 8 heteroatoms. The number of fused-ring (bicyclic) bond motifs is 1. The zero-order chi connectivity index (χ0) is 20.9. The van der Waals surface area contributed by atoms with Crippen molar-refractivity contribution in [3.8, 4) is 0 Å². The van der Waals surface area contributed by atoms with Crippen LogP contribution in [0, 0.1) is 0 Å². The first kappa shape index (κ1) is 19.1. The number of benzene rings is 2. The molecule has 4 rings (SSSR count). The topological polar surface area (TPSA) is 115 Å². The second-order valence-electron chi connectivity index (χ2n) is 6.38. The summed E-state index contributed by atoms with van der Waals surface area (Å²) in [5.41, 5.74) is 9.26. The number of hydrogen-bond donors (Lipinski definition) is 3. The Morgan fingerprint density at radius 1 is 0.933 bits per heavy atom. The molecule has 0 radical (unpaired) electrons. The number of nitrogens with zero attached hydrogens (tertiary/aromatic N) is 3. The van der Waals surface area contributed by atoms with E-state index in [1.807, 2.05) is 36.4 Å². The highest BCUT2D eigenvalue weighted by Gasteiger charge is 2.15. The quantitative estimate of drug-likeness (QED) is 0.411. The summed E-state index contributed by atoms with van der Waals surface area (Å²) in [6.45, 7) is 2.05. The summed E-state index contributed by atoms with van der Waals surface area (Å²) in [6, 6.07) is 16.6. The minimum atomic E-state index is -0.421. The Balaban J connectivity index is 1.66. The molecule has 2 aromatic heterocycles. The maximum Gasteiger partial charge on any atom is 0.340 e. The SMILES string of the molecule is CCOC(=O)c1ccccc1Nc1ncnc(Nc2cccc3ncccc23)c1N. The summed E-state index contributed by atoms with van der Waals surface area (Å²) in [5, 5.41) is 7.31. The van der Waals surface area contributed by atoms with Crippen molar-refractivity contribution < 1.29 is 9.53 Å². The van der Waals surface area contributed by atoms with E-state index in [2.05, 4.69) is 25.6 Å². The van der Waals surface area contributed by atoms with E-state index in [-0.39, 0.29) is 6.61 Å². The molecule has 0 amide bonds. The van der Waals surface area contributed by atoms with Gasteiger partial charge in [0.05, 0.1) is 23.4 Å². The molecule has 0 spiro atoms. The number of aromatic nitrogens is 3. The summed E-state index contributed by atoms with van der Waals surface area (Å²) in [5.74, 6) is 0.398. The van der Waals surface area contributed by atoms with Gasteiger partial charge in [-0.05, 0) is 43.3 Å². The average molecular weight is 400 g/mol. The van der Waals surface area contributed by atoms with Crippen molar-refractivity contribution >= 4 is 45.6 Å². The van der Waals surface area contributed by atoms with E-state index < -0.39 is 5.97 Å². The highest BCUT2D eigenvalue weighted by molar-refractivity contribution is 5.98. The number of esters is 1. The number of nitrogen functional groups attached to an aromatic ring is 1. The third-order valence-corrected chi connectivity index (χ3v) is 4.46. The van der Waals surface area contributed by atoms with Gasteiger partial charge >= 0.3 is 5.97 Å². The van der Waals surface area contributed by atoms with Gasteiger partial charge in [0.1, 0.15) is 12.0 Å². The zero-order valence-corrected chi connectivity index (χ0v) is 16.3. The van der Waals surface area contributed by atoms with Gasteiger partial charge in [-0.3, -0.25) is 4.98 Å². The Hall–Kier alpha value is -4.20. The van der Waals surface area contributed by atoms with Crippen molar-refractivity contribution in [3.63, 3.8) is 0 Å². The van der Waals surface area contributed by atoms with Gasteiger partial charge < -0.3 is 21.1 Å². The normalized spacial score (nSPS) is 10.6. The first-order valence-electron chi connectivity index (χ1n) is 9.41. The van der Waals surface area contributed by atoms with E-state index in [1.165, 1.54) is 6.33 Å². The van der Waals surface area contributed by atoms with Crippen molar-refractivity contribution in [1.29, 1.82) is 0 Å². The van der Waals surface area contributed by atoms with E-state index in [9.17, 15) is 4.79 Å². The van der Waals surface area contributed by atoms with Crippen molar-refractivity contribution in [2.45, 2.75) is 6.92 Å². The lowest BCUT2D eigenvalue weighted by Gasteiger charge is -2.15. The molecule has 0 fully saturated rings. The molecule has 2 heterocycles. The van der Waals surface area contributed by atoms with Gasteiger partial charge in [-0.2, -0.15) is 0 Å². The first-order valence-corrected chi connectivity index (χ1v) is 9.41. The molecule has 0 saturated carbocycles. The molecular formula is C22H20N6O2. The number of nitrogens with two attached hydrogens (primary N) is 1. The van der Waals surface area contributed by atoms with E-state index in [4.69, 9.17) is 10.5 Å². The van der Waals surface area contributed by atoms with E-state index in [0.717, 1.165) is 16.6 Å². The second-order valence-corrected chi connectivity index (χ2v) is 6.38. The van der Waals surface area contributed by atoms with Gasteiger partial charge in [0, 0.05) is 17.3 Å². The average Bonchev–Trinajstić information content (AvgIpc) is 2.77. The van der Waals surface area contributed by atoms with Gasteiger partial charge in [0.2, 0.25) is 0 Å². The molecule has 30 heavy (non-hydrogen) atoms. The van der Waals surface area contributed by atoms with Gasteiger partial charge in [-0.1, -0.05) is 18.2 Å². The smallest absolute Gasteiger partial charge is 0.340 e. The molecule has 0 aliphatic rings. The van der Waals surface area contributed by atoms with Crippen LogP contribution in [0.1, 0.15) is 17.3 Å². The molecule has 4 aromatic rings. The van der Waals surface area contributed by atoms with Crippen LogP contribution in [0.15, 0.2) is 67.1 Å². The minimum absolute atomic E-state index is 0.288. The minimum Gasteiger partial charge on any atom is -0.462 e. The number of para-hydroxylation sites is 1. The fourth-order valence-electron chi connectivity index (χ4n) is 3.04. The number of hydrogen-bond acceptors (Lipinski definition) is 8. The van der Waals surface area contributed by atoms with Crippen molar-refractivity contribution in [2.24, 2.45) is 0 Å². The predicted octanol–water partition coefficient (Wildman–Crippen LogP) is 4.27. The van der Waals surface area contributed by atoms with Crippen LogP contribution in [-0.2, 0) is 4.74 Å². The fourth-order valence-corrected chi connectivity index (χ4v) is 3.04. The lowest BCUT2D eigenvalue weighted by Crippen LogP contribution is -2.10. The standard InChI is InChI=1S/C22H20N6O2/c1-2-30-22(29)15-7-3-4-9-18(15)28-21-19(23)20(25-13-26-21)27-17-11-5-10-16-14(17)8-6-12-24-16/h3-13H,2,23H2,1H3,(H2,25,26,27,28). The third-order valence-electron chi connectivity index (χ3n) is 4.46. The zero-order valence-electron chi connectivity index (χ0n) is 16.3. The summed E-state index contributed by atoms with van der Waals surface area (Å²) < 4.78 is 5.12. The Labute approximate surface area is 173 Å². The number of rotatable bonds is 6. The highest BCUT2D eigenvalue weighted by Crippen LogP contribution is 2.31. The Bertz CT molecular complexity index is 1210. The van der Waals surface area contributed by atoms with Crippen molar-refractivity contribution in [3.05, 3.63) is 72.7 Å². The van der Waals surface area contributed by atoms with Crippen LogP contribution >= 0.6 is 0 Å². The van der Waals surface area contributed by atoms with Gasteiger partial charge in [-0.15, -0.1) is 0 Å². The van der Waals surface area contributed by atoms with E-state index in [0.29, 0.717) is 28.6 Å². The molecule has 0 unspecified atom stereocenters. The summed E-state index contributed by atoms with van der Waals surface area (Å²) in [6.07, 6.45) is 3.14. The summed E-state index contributed by atoms with van der Waals surface area (Å²) in [4.78, 5) is 25.1. The van der Waals surface area contributed by atoms with Gasteiger partial charge in [0.25, 0.3) is 0 Å². The Morgan fingerprint density at radius 2 is 1.67 bits per heavy atom. The van der Waals surface area contributed by atoms with E-state index in [1.54, 1.807) is 31.3 Å². The number of ether oxygens (including phenoxy) is 1. The number of nitrogens with one attached hydrogen (secondary N) is 2. The summed E-state index contributed by atoms with van der Waals surface area (Å²) in [7, 11) is 0. The molecule has 8 nitrogen and oxygen atoms in total. The van der Waals surface area contributed by atoms with Gasteiger partial charge in [-0.25, -0.2) is 14.8 Å². The monoisotopic (exact) mass is 400 g/mol. The Morgan fingerprint density at radius 3 is 2.47 bits per heavy atom. The third kappa shape index (κ3) is 3.83. The van der Waals surface area contributed by atoms with Gasteiger partial charge in [0.15, 0.2) is 11.6 Å². The second kappa shape index (κ2) is 8.44. The highest BCUT2D eigenvalue weighted by atomic mass is 16.5. The lowest BCUT2D eigenvalue weighted by molar-refractivity contribution is 0.0527. The van der Waals surface area contributed by atoms with Crippen LogP contribution in [-0.4, -0.2) is 27.5 Å². The molecule has 0 atom stereocenters. The molecule has 0 bridgehead atoms. The molecule has 150 valence electrons. The number of carbonyl (C=O) groups excluding carboxylic acids is 1. The fraction of sp³-hybridized carbons (Fsp3) is 0.0909. The van der Waals surface area contributed by atoms with Crippen LogP contribution in [0.25, 0.3) is 10.9 Å². The maximum absolute atomic E-state index is 12.2. The van der Waals surface area contributed by atoms with Crippen LogP contribution < -0.4 is 16.4 Å². The summed E-state index contributed by atoms with van der Waals surface area (Å²) >= 11 is 0. The molecule has 4 N–H and O–H groups in total. The molecule has 0 aliphatic carbocycles. The van der Waals surface area contributed by atoms with Crippen LogP contribution in [0.4, 0.5) is 28.7 Å². The van der Waals surface area contributed by atoms with Crippen molar-refractivity contribution in [1.82, 2.24) is 15.0 Å². The molecule has 0 aliphatic heterocycles. The number of pyridine rings is 1. The Kier molecular flexibility index (Phi) is 5.38. The van der Waals surface area contributed by atoms with Crippen LogP contribution in [0.5, 0.6) is 0 Å². The predicted molar refractivity (Wildman–Crippen MR) is 117 cm³/mol. The first-order chi connectivity index (χ1) is 14.7. The lowest BCUT2D eigenvalue weighted by atomic mass is 10.1. The van der Waals surface area contributed by atoms with Crippen LogP contribution in [0.2, 0.25) is 0 Å². The molecule has 0 saturated heterocycles. The largest absolute Gasteiger partial charge is 0.462 e. The maximum atomic E-state index is 12.2. The van der Waals surface area contributed by atoms with Crippen molar-refractivity contribution in [2.75, 3.05) is 23.0 Å². The van der Waals surface area contributed by atoms with E-state index >= 15 is 0 Å². The number of anilines is 5.